The molecule has 0 unspecified atom stereocenters. The van der Waals surface area contributed by atoms with Gasteiger partial charge in [-0.1, -0.05) is 6.42 Å². The molecule has 0 N–H and O–H groups in total. The second-order valence-electron chi connectivity index (χ2n) is 6.57. The van der Waals surface area contributed by atoms with E-state index in [4.69, 9.17) is 4.74 Å². The topological polar surface area (TPSA) is 49.9 Å². The Bertz CT molecular complexity index is 648. The van der Waals surface area contributed by atoms with E-state index in [1.165, 1.54) is 6.42 Å². The Balaban J connectivity index is 1.98. The molecule has 1 aromatic carbocycles. The van der Waals surface area contributed by atoms with Crippen molar-refractivity contribution in [3.63, 3.8) is 0 Å². The molecule has 0 atom stereocenters. The van der Waals surface area contributed by atoms with Crippen LogP contribution in [-0.4, -0.2) is 45.5 Å². The fourth-order valence-electron chi connectivity index (χ4n) is 3.60. The smallest absolute Gasteiger partial charge is 0.245 e. The van der Waals surface area contributed by atoms with Gasteiger partial charge in [0.05, 0.1) is 12.3 Å². The number of ether oxygens (including phenoxy) is 1. The average molecular weight is 353 g/mol. The van der Waals surface area contributed by atoms with Gasteiger partial charge in [-0.3, -0.25) is 0 Å². The van der Waals surface area contributed by atoms with Crippen LogP contribution >= 0.6 is 0 Å². The van der Waals surface area contributed by atoms with Crippen molar-refractivity contribution in [2.24, 2.45) is 0 Å². The zero-order valence-corrected chi connectivity index (χ0v) is 15.4. The molecule has 3 rings (SSSR count). The van der Waals surface area contributed by atoms with Gasteiger partial charge in [-0.25, -0.2) is 8.42 Å². The first-order chi connectivity index (χ1) is 11.6. The Kier molecular flexibility index (Phi) is 5.66. The third-order valence-corrected chi connectivity index (χ3v) is 6.82. The van der Waals surface area contributed by atoms with E-state index in [9.17, 15) is 8.42 Å². The summed E-state index contributed by atoms with van der Waals surface area (Å²) in [4.78, 5) is 2.65. The first-order valence-electron chi connectivity index (χ1n) is 9.15. The lowest BCUT2D eigenvalue weighted by atomic mass is 10.1. The van der Waals surface area contributed by atoms with Crippen molar-refractivity contribution in [2.75, 3.05) is 37.7 Å². The van der Waals surface area contributed by atoms with E-state index in [0.29, 0.717) is 24.6 Å². The second kappa shape index (κ2) is 7.74. The van der Waals surface area contributed by atoms with E-state index in [-0.39, 0.29) is 0 Å². The maximum atomic E-state index is 13.2. The molecule has 2 heterocycles. The highest BCUT2D eigenvalue weighted by Crippen LogP contribution is 2.34. The minimum absolute atomic E-state index is 0.440. The van der Waals surface area contributed by atoms with Crippen molar-refractivity contribution in [1.82, 2.24) is 4.31 Å². The number of nitrogens with zero attached hydrogens (tertiary/aromatic N) is 2. The summed E-state index contributed by atoms with van der Waals surface area (Å²) in [6.07, 6.45) is 6.47. The van der Waals surface area contributed by atoms with Crippen molar-refractivity contribution in [2.45, 2.75) is 50.3 Å². The van der Waals surface area contributed by atoms with Gasteiger partial charge in [0.2, 0.25) is 10.0 Å². The molecule has 0 bridgehead atoms. The number of hydrogen-bond donors (Lipinski definition) is 0. The van der Waals surface area contributed by atoms with Crippen LogP contribution in [0.25, 0.3) is 0 Å². The van der Waals surface area contributed by atoms with Gasteiger partial charge in [0.15, 0.2) is 0 Å². The van der Waals surface area contributed by atoms with Gasteiger partial charge in [-0.05, 0) is 51.2 Å². The molecule has 0 amide bonds. The maximum absolute atomic E-state index is 13.2. The van der Waals surface area contributed by atoms with Crippen molar-refractivity contribution in [3.05, 3.63) is 18.2 Å². The Hall–Kier alpha value is -1.27. The summed E-state index contributed by atoms with van der Waals surface area (Å²) in [6.45, 7) is 5.62. The molecule has 5 nitrogen and oxygen atoms in total. The van der Waals surface area contributed by atoms with E-state index in [0.717, 1.165) is 56.6 Å². The first kappa shape index (κ1) is 17.5. The monoisotopic (exact) mass is 352 g/mol. The van der Waals surface area contributed by atoms with Crippen LogP contribution in [0, 0.1) is 0 Å². The molecule has 0 saturated carbocycles. The largest absolute Gasteiger partial charge is 0.494 e. The van der Waals surface area contributed by atoms with E-state index in [1.54, 1.807) is 16.4 Å². The van der Waals surface area contributed by atoms with Crippen LogP contribution in [0.3, 0.4) is 0 Å². The molecular formula is C18H28N2O3S. The van der Waals surface area contributed by atoms with Gasteiger partial charge in [0.25, 0.3) is 0 Å². The van der Waals surface area contributed by atoms with Gasteiger partial charge in [0, 0.05) is 32.2 Å². The summed E-state index contributed by atoms with van der Waals surface area (Å²) in [5.41, 5.74) is 0.811. The second-order valence-corrected chi connectivity index (χ2v) is 8.48. The minimum atomic E-state index is -3.44. The standard InChI is InChI=1S/C18H28N2O3S/c1-2-23-16-9-10-18(17(15-16)19-11-5-3-6-12-19)24(21,22)20-13-7-4-8-14-20/h9-10,15H,2-8,11-14H2,1H3. The van der Waals surface area contributed by atoms with Crippen molar-refractivity contribution < 1.29 is 13.2 Å². The summed E-state index contributed by atoms with van der Waals surface area (Å²) < 4.78 is 33.6. The third kappa shape index (κ3) is 3.70. The number of benzene rings is 1. The maximum Gasteiger partial charge on any atom is 0.245 e. The summed E-state index contributed by atoms with van der Waals surface area (Å²) in [6, 6.07) is 5.43. The van der Waals surface area contributed by atoms with E-state index in [1.807, 2.05) is 13.0 Å². The van der Waals surface area contributed by atoms with Crippen LogP contribution < -0.4 is 9.64 Å². The zero-order chi connectivity index (χ0) is 17.0. The molecule has 1 aromatic rings. The van der Waals surface area contributed by atoms with Crippen LogP contribution in [0.5, 0.6) is 5.75 Å². The fraction of sp³-hybridized carbons (Fsp3) is 0.667. The SMILES string of the molecule is CCOc1ccc(S(=O)(=O)N2CCCCC2)c(N2CCCCC2)c1. The summed E-state index contributed by atoms with van der Waals surface area (Å²) >= 11 is 0. The lowest BCUT2D eigenvalue weighted by molar-refractivity contribution is 0.339. The molecule has 134 valence electrons. The molecule has 6 heteroatoms. The number of anilines is 1. The van der Waals surface area contributed by atoms with Gasteiger partial charge >= 0.3 is 0 Å². The van der Waals surface area contributed by atoms with Crippen LogP contribution in [-0.2, 0) is 10.0 Å². The van der Waals surface area contributed by atoms with Gasteiger partial charge in [-0.15, -0.1) is 0 Å². The summed E-state index contributed by atoms with van der Waals surface area (Å²) in [7, 11) is -3.44. The van der Waals surface area contributed by atoms with E-state index < -0.39 is 10.0 Å². The lowest BCUT2D eigenvalue weighted by Crippen LogP contribution is -2.37. The quantitative estimate of drug-likeness (QED) is 0.816. The molecular weight excluding hydrogens is 324 g/mol. The molecule has 0 aromatic heterocycles. The minimum Gasteiger partial charge on any atom is -0.494 e. The molecule has 2 fully saturated rings. The number of piperidine rings is 2. The van der Waals surface area contributed by atoms with Crippen LogP contribution in [0.1, 0.15) is 45.4 Å². The average Bonchev–Trinajstić information content (AvgIpc) is 2.63. The molecule has 0 spiro atoms. The predicted octanol–water partition coefficient (Wildman–Crippen LogP) is 3.25. The molecule has 0 radical (unpaired) electrons. The first-order valence-corrected chi connectivity index (χ1v) is 10.6. The highest BCUT2D eigenvalue weighted by Gasteiger charge is 2.30. The van der Waals surface area contributed by atoms with E-state index in [2.05, 4.69) is 4.90 Å². The van der Waals surface area contributed by atoms with Gasteiger partial charge < -0.3 is 9.64 Å². The lowest BCUT2D eigenvalue weighted by Gasteiger charge is -2.33. The highest BCUT2D eigenvalue weighted by molar-refractivity contribution is 7.89. The van der Waals surface area contributed by atoms with Crippen LogP contribution in [0.4, 0.5) is 5.69 Å². The zero-order valence-electron chi connectivity index (χ0n) is 14.5. The Morgan fingerprint density at radius 3 is 2.21 bits per heavy atom. The predicted molar refractivity (Wildman–Crippen MR) is 96.3 cm³/mol. The number of sulfonamides is 1. The fourth-order valence-corrected chi connectivity index (χ4v) is 5.31. The molecule has 2 saturated heterocycles. The van der Waals surface area contributed by atoms with Gasteiger partial charge in [-0.2, -0.15) is 4.31 Å². The Morgan fingerprint density at radius 2 is 1.58 bits per heavy atom. The third-order valence-electron chi connectivity index (χ3n) is 4.87. The van der Waals surface area contributed by atoms with Crippen molar-refractivity contribution in [3.8, 4) is 5.75 Å². The molecule has 24 heavy (non-hydrogen) atoms. The van der Waals surface area contributed by atoms with E-state index >= 15 is 0 Å². The summed E-state index contributed by atoms with van der Waals surface area (Å²) in [5, 5.41) is 0. The van der Waals surface area contributed by atoms with Crippen molar-refractivity contribution >= 4 is 15.7 Å². The number of rotatable bonds is 5. The van der Waals surface area contributed by atoms with Gasteiger partial charge in [0.1, 0.15) is 10.6 Å². The molecule has 2 aliphatic rings. The molecule has 0 aliphatic carbocycles. The Labute approximate surface area is 145 Å². The normalized spacial score (nSPS) is 20.1. The van der Waals surface area contributed by atoms with Crippen LogP contribution in [0.2, 0.25) is 0 Å². The Morgan fingerprint density at radius 1 is 0.958 bits per heavy atom. The van der Waals surface area contributed by atoms with Crippen LogP contribution in [0.15, 0.2) is 23.1 Å². The summed E-state index contributed by atoms with van der Waals surface area (Å²) in [5.74, 6) is 0.746. The molecule has 2 aliphatic heterocycles. The number of hydrogen-bond acceptors (Lipinski definition) is 4. The van der Waals surface area contributed by atoms with Crippen molar-refractivity contribution in [1.29, 1.82) is 0 Å². The highest BCUT2D eigenvalue weighted by atomic mass is 32.2.